The zero-order valence-electron chi connectivity index (χ0n) is 10.2. The van der Waals surface area contributed by atoms with Gasteiger partial charge in [0.15, 0.2) is 0 Å². The van der Waals surface area contributed by atoms with Crippen molar-refractivity contribution in [1.82, 2.24) is 0 Å². The molecule has 7 nitrogen and oxygen atoms in total. The van der Waals surface area contributed by atoms with E-state index in [1.807, 2.05) is 0 Å². The molecule has 19 heavy (non-hydrogen) atoms. The van der Waals surface area contributed by atoms with Gasteiger partial charge in [-0.15, -0.1) is 0 Å². The lowest BCUT2D eigenvalue weighted by atomic mass is 10.1. The number of rotatable bonds is 3. The van der Waals surface area contributed by atoms with Gasteiger partial charge in [-0.25, -0.2) is 4.79 Å². The Balaban J connectivity index is 2.32. The molecule has 1 atom stereocenters. The summed E-state index contributed by atoms with van der Waals surface area (Å²) in [5.74, 6) is -1.57. The average Bonchev–Trinajstić information content (AvgIpc) is 2.38. The Labute approximate surface area is 109 Å². The van der Waals surface area contributed by atoms with Crippen molar-refractivity contribution in [2.24, 2.45) is 5.73 Å². The van der Waals surface area contributed by atoms with Crippen LogP contribution in [0.1, 0.15) is 10.4 Å². The van der Waals surface area contributed by atoms with Crippen LogP contribution in [0.5, 0.6) is 0 Å². The third-order valence-electron chi connectivity index (χ3n) is 3.05. The molecule has 1 unspecified atom stereocenters. The van der Waals surface area contributed by atoms with Gasteiger partial charge in [0.25, 0.3) is 0 Å². The molecule has 1 saturated heterocycles. The first-order valence-electron chi connectivity index (χ1n) is 5.77. The Morgan fingerprint density at radius 3 is 2.74 bits per heavy atom. The summed E-state index contributed by atoms with van der Waals surface area (Å²) in [6.07, 6.45) is 0. The lowest BCUT2D eigenvalue weighted by molar-refractivity contribution is -0.121. The van der Waals surface area contributed by atoms with Gasteiger partial charge in [0.1, 0.15) is 6.04 Å². The number of morpholine rings is 1. The number of benzene rings is 1. The summed E-state index contributed by atoms with van der Waals surface area (Å²) < 4.78 is 5.22. The van der Waals surface area contributed by atoms with Gasteiger partial charge in [0, 0.05) is 17.9 Å². The molecule has 1 amide bonds. The van der Waals surface area contributed by atoms with Gasteiger partial charge in [-0.2, -0.15) is 0 Å². The second-order valence-corrected chi connectivity index (χ2v) is 4.26. The number of nitrogen functional groups attached to an aromatic ring is 1. The Morgan fingerprint density at radius 2 is 2.16 bits per heavy atom. The van der Waals surface area contributed by atoms with Crippen molar-refractivity contribution in [2.45, 2.75) is 6.04 Å². The van der Waals surface area contributed by atoms with Crippen LogP contribution in [0.2, 0.25) is 0 Å². The number of carbonyl (C=O) groups excluding carboxylic acids is 1. The lowest BCUT2D eigenvalue weighted by Crippen LogP contribution is -2.52. The molecule has 7 heteroatoms. The number of anilines is 2. The number of nitrogens with zero attached hydrogens (tertiary/aromatic N) is 1. The summed E-state index contributed by atoms with van der Waals surface area (Å²) in [6, 6.07) is 4.00. The molecule has 1 heterocycles. The largest absolute Gasteiger partial charge is 0.478 e. The molecule has 0 aromatic heterocycles. The standard InChI is InChI=1S/C12H15N3O4/c13-9-5-7(1-2-8(9)12(17)18)15-3-4-19-6-10(15)11(14)16/h1-2,5,10H,3-4,6,13H2,(H2,14,16)(H,17,18). The zero-order valence-corrected chi connectivity index (χ0v) is 10.2. The van der Waals surface area contributed by atoms with Crippen molar-refractivity contribution >= 4 is 23.3 Å². The summed E-state index contributed by atoms with van der Waals surface area (Å²) in [6.45, 7) is 1.19. The van der Waals surface area contributed by atoms with Gasteiger partial charge < -0.3 is 26.2 Å². The number of aromatic carboxylic acids is 1. The highest BCUT2D eigenvalue weighted by Crippen LogP contribution is 2.24. The number of carboxylic acids is 1. The van der Waals surface area contributed by atoms with Crippen molar-refractivity contribution in [3.63, 3.8) is 0 Å². The number of carboxylic acid groups (broad SMARTS) is 1. The number of nitrogens with two attached hydrogens (primary N) is 2. The maximum atomic E-state index is 11.4. The smallest absolute Gasteiger partial charge is 0.337 e. The first-order valence-corrected chi connectivity index (χ1v) is 5.77. The van der Waals surface area contributed by atoms with E-state index in [0.29, 0.717) is 18.8 Å². The monoisotopic (exact) mass is 265 g/mol. The zero-order chi connectivity index (χ0) is 14.0. The van der Waals surface area contributed by atoms with Gasteiger partial charge in [0.2, 0.25) is 5.91 Å². The molecule has 0 aliphatic carbocycles. The van der Waals surface area contributed by atoms with Crippen LogP contribution >= 0.6 is 0 Å². The summed E-state index contributed by atoms with van der Waals surface area (Å²) in [4.78, 5) is 24.0. The Morgan fingerprint density at radius 1 is 1.42 bits per heavy atom. The predicted octanol–water partition coefficient (Wildman–Crippen LogP) is -0.342. The van der Waals surface area contributed by atoms with E-state index in [0.717, 1.165) is 0 Å². The van der Waals surface area contributed by atoms with E-state index in [9.17, 15) is 9.59 Å². The summed E-state index contributed by atoms with van der Waals surface area (Å²) in [7, 11) is 0. The fourth-order valence-electron chi connectivity index (χ4n) is 2.07. The molecule has 0 bridgehead atoms. The lowest BCUT2D eigenvalue weighted by Gasteiger charge is -2.35. The van der Waals surface area contributed by atoms with Crippen molar-refractivity contribution in [3.05, 3.63) is 23.8 Å². The normalized spacial score (nSPS) is 19.2. The van der Waals surface area contributed by atoms with Crippen molar-refractivity contribution in [3.8, 4) is 0 Å². The molecular weight excluding hydrogens is 250 g/mol. The van der Waals surface area contributed by atoms with Crippen LogP contribution in [-0.2, 0) is 9.53 Å². The van der Waals surface area contributed by atoms with Crippen LogP contribution in [0, 0.1) is 0 Å². The maximum Gasteiger partial charge on any atom is 0.337 e. The first kappa shape index (κ1) is 13.2. The van der Waals surface area contributed by atoms with E-state index in [2.05, 4.69) is 0 Å². The van der Waals surface area contributed by atoms with E-state index < -0.39 is 17.9 Å². The van der Waals surface area contributed by atoms with Crippen molar-refractivity contribution < 1.29 is 19.4 Å². The van der Waals surface area contributed by atoms with Crippen LogP contribution in [-0.4, -0.2) is 42.8 Å². The van der Waals surface area contributed by atoms with Crippen LogP contribution < -0.4 is 16.4 Å². The third-order valence-corrected chi connectivity index (χ3v) is 3.05. The molecule has 2 rings (SSSR count). The van der Waals surface area contributed by atoms with Crippen LogP contribution in [0.3, 0.4) is 0 Å². The number of ether oxygens (including phenoxy) is 1. The second kappa shape index (κ2) is 5.15. The number of primary amides is 1. The molecule has 5 N–H and O–H groups in total. The summed E-state index contributed by atoms with van der Waals surface area (Å²) in [5, 5.41) is 8.92. The second-order valence-electron chi connectivity index (χ2n) is 4.26. The quantitative estimate of drug-likeness (QED) is 0.643. The number of amides is 1. The van der Waals surface area contributed by atoms with E-state index in [-0.39, 0.29) is 17.9 Å². The van der Waals surface area contributed by atoms with E-state index in [1.165, 1.54) is 12.1 Å². The predicted molar refractivity (Wildman–Crippen MR) is 69.0 cm³/mol. The van der Waals surface area contributed by atoms with Crippen molar-refractivity contribution in [2.75, 3.05) is 30.4 Å². The number of hydrogen-bond acceptors (Lipinski definition) is 5. The Hall–Kier alpha value is -2.28. The minimum Gasteiger partial charge on any atom is -0.478 e. The number of hydrogen-bond donors (Lipinski definition) is 3. The molecule has 0 spiro atoms. The molecule has 1 aliphatic rings. The Kier molecular flexibility index (Phi) is 3.57. The highest BCUT2D eigenvalue weighted by atomic mass is 16.5. The highest BCUT2D eigenvalue weighted by molar-refractivity contribution is 5.94. The number of carbonyl (C=O) groups is 2. The molecule has 1 aliphatic heterocycles. The first-order chi connectivity index (χ1) is 9.00. The fraction of sp³-hybridized carbons (Fsp3) is 0.333. The fourth-order valence-corrected chi connectivity index (χ4v) is 2.07. The molecule has 1 aromatic rings. The average molecular weight is 265 g/mol. The summed E-state index contributed by atoms with van der Waals surface area (Å²) >= 11 is 0. The minimum absolute atomic E-state index is 0.0348. The van der Waals surface area contributed by atoms with Crippen molar-refractivity contribution in [1.29, 1.82) is 0 Å². The molecule has 0 saturated carbocycles. The van der Waals surface area contributed by atoms with E-state index >= 15 is 0 Å². The van der Waals surface area contributed by atoms with Gasteiger partial charge in [0.05, 0.1) is 18.8 Å². The summed E-state index contributed by atoms with van der Waals surface area (Å²) in [5.41, 5.74) is 11.9. The molecule has 102 valence electrons. The maximum absolute atomic E-state index is 11.4. The third kappa shape index (κ3) is 2.60. The molecule has 1 fully saturated rings. The van der Waals surface area contributed by atoms with Gasteiger partial charge in [-0.3, -0.25) is 4.79 Å². The molecule has 0 radical (unpaired) electrons. The molecular formula is C12H15N3O4. The van der Waals surface area contributed by atoms with E-state index in [4.69, 9.17) is 21.3 Å². The van der Waals surface area contributed by atoms with Gasteiger partial charge in [-0.1, -0.05) is 0 Å². The van der Waals surface area contributed by atoms with Crippen LogP contribution in [0.4, 0.5) is 11.4 Å². The topological polar surface area (TPSA) is 119 Å². The van der Waals surface area contributed by atoms with E-state index in [1.54, 1.807) is 11.0 Å². The molecule has 1 aromatic carbocycles. The van der Waals surface area contributed by atoms with Gasteiger partial charge >= 0.3 is 5.97 Å². The van der Waals surface area contributed by atoms with Crippen LogP contribution in [0.25, 0.3) is 0 Å². The Bertz CT molecular complexity index is 518. The highest BCUT2D eigenvalue weighted by Gasteiger charge is 2.28. The SMILES string of the molecule is NC(=O)C1COCCN1c1ccc(C(=O)O)c(N)c1. The van der Waals surface area contributed by atoms with Crippen LogP contribution in [0.15, 0.2) is 18.2 Å². The van der Waals surface area contributed by atoms with Gasteiger partial charge in [-0.05, 0) is 18.2 Å². The minimum atomic E-state index is -1.09.